The summed E-state index contributed by atoms with van der Waals surface area (Å²) in [6.07, 6.45) is 10.2. The van der Waals surface area contributed by atoms with Crippen LogP contribution in [-0.4, -0.2) is 23.6 Å². The van der Waals surface area contributed by atoms with Crippen molar-refractivity contribution in [1.29, 1.82) is 0 Å². The molecule has 0 aromatic carbocycles. The lowest BCUT2D eigenvalue weighted by Crippen LogP contribution is -2.42. The van der Waals surface area contributed by atoms with E-state index in [0.29, 0.717) is 0 Å². The number of rotatable bonds is 5. The Morgan fingerprint density at radius 3 is 2.59 bits per heavy atom. The standard InChI is InChI=1S/C15H29NS/c1-3-16-14-9-8-12(2)10-15(14)17-11-13-6-4-5-7-13/h12-16H,3-11H2,1-2H3. The minimum atomic E-state index is 0.794. The number of nitrogens with one attached hydrogen (secondary N) is 1. The van der Waals surface area contributed by atoms with Crippen molar-refractivity contribution in [2.24, 2.45) is 11.8 Å². The lowest BCUT2D eigenvalue weighted by molar-refractivity contribution is 0.320. The highest BCUT2D eigenvalue weighted by Gasteiger charge is 2.29. The minimum Gasteiger partial charge on any atom is -0.313 e. The Bertz CT molecular complexity index is 213. The van der Waals surface area contributed by atoms with E-state index in [-0.39, 0.29) is 0 Å². The molecule has 17 heavy (non-hydrogen) atoms. The summed E-state index contributed by atoms with van der Waals surface area (Å²) in [7, 11) is 0. The summed E-state index contributed by atoms with van der Waals surface area (Å²) in [5, 5.41) is 4.60. The second-order valence-corrected chi connectivity index (χ2v) is 7.38. The van der Waals surface area contributed by atoms with Crippen molar-refractivity contribution in [1.82, 2.24) is 5.32 Å². The molecule has 0 aromatic heterocycles. The maximum atomic E-state index is 3.71. The van der Waals surface area contributed by atoms with E-state index >= 15 is 0 Å². The third kappa shape index (κ3) is 4.17. The predicted molar refractivity (Wildman–Crippen MR) is 78.7 cm³/mol. The quantitative estimate of drug-likeness (QED) is 0.794. The van der Waals surface area contributed by atoms with Crippen LogP contribution in [0.25, 0.3) is 0 Å². The maximum absolute atomic E-state index is 3.71. The first-order valence-electron chi connectivity index (χ1n) is 7.64. The molecule has 0 aromatic rings. The third-order valence-corrected chi connectivity index (χ3v) is 6.15. The summed E-state index contributed by atoms with van der Waals surface area (Å²) >= 11 is 2.28. The van der Waals surface area contributed by atoms with Crippen LogP contribution in [0, 0.1) is 11.8 Å². The highest BCUT2D eigenvalue weighted by Crippen LogP contribution is 2.36. The second-order valence-electron chi connectivity index (χ2n) is 6.10. The number of hydrogen-bond donors (Lipinski definition) is 1. The molecule has 0 amide bonds. The van der Waals surface area contributed by atoms with Crippen LogP contribution in [0.3, 0.4) is 0 Å². The molecular weight excluding hydrogens is 226 g/mol. The van der Waals surface area contributed by atoms with Gasteiger partial charge in [0.15, 0.2) is 0 Å². The molecule has 0 heterocycles. The summed E-state index contributed by atoms with van der Waals surface area (Å²) in [5.41, 5.74) is 0. The van der Waals surface area contributed by atoms with E-state index < -0.39 is 0 Å². The van der Waals surface area contributed by atoms with Gasteiger partial charge in [-0.1, -0.05) is 26.7 Å². The molecule has 2 fully saturated rings. The molecule has 100 valence electrons. The van der Waals surface area contributed by atoms with Crippen molar-refractivity contribution in [2.75, 3.05) is 12.3 Å². The average molecular weight is 255 g/mol. The van der Waals surface area contributed by atoms with Gasteiger partial charge in [-0.25, -0.2) is 0 Å². The molecule has 0 aliphatic heterocycles. The monoisotopic (exact) mass is 255 g/mol. The van der Waals surface area contributed by atoms with Crippen LogP contribution in [0.1, 0.15) is 58.8 Å². The normalized spacial score (nSPS) is 35.3. The topological polar surface area (TPSA) is 12.0 Å². The van der Waals surface area contributed by atoms with Crippen LogP contribution >= 0.6 is 11.8 Å². The first-order valence-corrected chi connectivity index (χ1v) is 8.69. The zero-order valence-electron chi connectivity index (χ0n) is 11.6. The Morgan fingerprint density at radius 1 is 1.12 bits per heavy atom. The molecule has 3 atom stereocenters. The van der Waals surface area contributed by atoms with E-state index in [4.69, 9.17) is 0 Å². The van der Waals surface area contributed by atoms with E-state index in [9.17, 15) is 0 Å². The zero-order valence-corrected chi connectivity index (χ0v) is 12.4. The maximum Gasteiger partial charge on any atom is 0.0203 e. The predicted octanol–water partition coefficient (Wildman–Crippen LogP) is 4.08. The highest BCUT2D eigenvalue weighted by atomic mass is 32.2. The van der Waals surface area contributed by atoms with E-state index in [0.717, 1.165) is 29.7 Å². The molecule has 1 N–H and O–H groups in total. The summed E-state index contributed by atoms with van der Waals surface area (Å²) in [6, 6.07) is 0.794. The van der Waals surface area contributed by atoms with Crippen molar-refractivity contribution in [3.8, 4) is 0 Å². The largest absolute Gasteiger partial charge is 0.313 e. The molecule has 2 heteroatoms. The molecule has 0 spiro atoms. The van der Waals surface area contributed by atoms with Crippen LogP contribution in [0.15, 0.2) is 0 Å². The first kappa shape index (κ1) is 13.7. The fourth-order valence-electron chi connectivity index (χ4n) is 3.45. The van der Waals surface area contributed by atoms with Crippen LogP contribution in [0.2, 0.25) is 0 Å². The summed E-state index contributed by atoms with van der Waals surface area (Å²) < 4.78 is 0. The smallest absolute Gasteiger partial charge is 0.0203 e. The van der Waals surface area contributed by atoms with E-state index in [1.54, 1.807) is 0 Å². The number of hydrogen-bond acceptors (Lipinski definition) is 2. The molecule has 0 bridgehead atoms. The fourth-order valence-corrected chi connectivity index (χ4v) is 5.23. The van der Waals surface area contributed by atoms with Gasteiger partial charge in [-0.3, -0.25) is 0 Å². The SMILES string of the molecule is CCNC1CCC(C)CC1SCC1CCCC1. The summed E-state index contributed by atoms with van der Waals surface area (Å²) in [6.45, 7) is 5.82. The lowest BCUT2D eigenvalue weighted by Gasteiger charge is -2.35. The Labute approximate surface area is 112 Å². The van der Waals surface area contributed by atoms with Gasteiger partial charge in [-0.15, -0.1) is 0 Å². The van der Waals surface area contributed by atoms with E-state index in [1.807, 2.05) is 0 Å². The van der Waals surface area contributed by atoms with Gasteiger partial charge in [0.05, 0.1) is 0 Å². The molecule has 0 saturated heterocycles. The van der Waals surface area contributed by atoms with Crippen molar-refractivity contribution in [3.63, 3.8) is 0 Å². The molecule has 0 radical (unpaired) electrons. The van der Waals surface area contributed by atoms with Crippen molar-refractivity contribution in [3.05, 3.63) is 0 Å². The van der Waals surface area contributed by atoms with Gasteiger partial charge in [-0.2, -0.15) is 11.8 Å². The molecule has 2 saturated carbocycles. The Hall–Kier alpha value is 0.310. The molecule has 2 rings (SSSR count). The van der Waals surface area contributed by atoms with Gasteiger partial charge in [0.25, 0.3) is 0 Å². The van der Waals surface area contributed by atoms with Gasteiger partial charge in [0.2, 0.25) is 0 Å². The van der Waals surface area contributed by atoms with E-state index in [2.05, 4.69) is 30.9 Å². The van der Waals surface area contributed by atoms with Crippen LogP contribution in [-0.2, 0) is 0 Å². The zero-order chi connectivity index (χ0) is 12.1. The summed E-state index contributed by atoms with van der Waals surface area (Å²) in [4.78, 5) is 0. The van der Waals surface area contributed by atoms with Crippen molar-refractivity contribution in [2.45, 2.75) is 70.1 Å². The molecule has 2 aliphatic carbocycles. The second kappa shape index (κ2) is 7.04. The van der Waals surface area contributed by atoms with Gasteiger partial charge in [0.1, 0.15) is 0 Å². The first-order chi connectivity index (χ1) is 8.29. The molecule has 1 nitrogen and oxygen atoms in total. The lowest BCUT2D eigenvalue weighted by atomic mass is 9.87. The van der Waals surface area contributed by atoms with Crippen molar-refractivity contribution >= 4 is 11.8 Å². The van der Waals surface area contributed by atoms with Gasteiger partial charge in [-0.05, 0) is 56.2 Å². The van der Waals surface area contributed by atoms with Gasteiger partial charge >= 0.3 is 0 Å². The summed E-state index contributed by atoms with van der Waals surface area (Å²) in [5.74, 6) is 3.42. The van der Waals surface area contributed by atoms with E-state index in [1.165, 1.54) is 50.7 Å². The molecule has 2 aliphatic rings. The third-order valence-electron chi connectivity index (χ3n) is 4.54. The Morgan fingerprint density at radius 2 is 1.88 bits per heavy atom. The van der Waals surface area contributed by atoms with Crippen LogP contribution < -0.4 is 5.32 Å². The van der Waals surface area contributed by atoms with Gasteiger partial charge in [0, 0.05) is 11.3 Å². The van der Waals surface area contributed by atoms with Crippen LogP contribution in [0.5, 0.6) is 0 Å². The Balaban J connectivity index is 1.77. The average Bonchev–Trinajstić information content (AvgIpc) is 2.82. The molecule has 3 unspecified atom stereocenters. The van der Waals surface area contributed by atoms with Crippen LogP contribution in [0.4, 0.5) is 0 Å². The fraction of sp³-hybridized carbons (Fsp3) is 1.00. The highest BCUT2D eigenvalue weighted by molar-refractivity contribution is 7.99. The van der Waals surface area contributed by atoms with Gasteiger partial charge < -0.3 is 5.32 Å². The Kier molecular flexibility index (Phi) is 5.68. The minimum absolute atomic E-state index is 0.794. The molecular formula is C15H29NS. The van der Waals surface area contributed by atoms with Crippen molar-refractivity contribution < 1.29 is 0 Å². The number of thioether (sulfide) groups is 1.